The predicted molar refractivity (Wildman–Crippen MR) is 205 cm³/mol. The van der Waals surface area contributed by atoms with Gasteiger partial charge in [-0.25, -0.2) is 10.8 Å². The first kappa shape index (κ1) is 41.9. The Balaban J connectivity index is 0.000000248. The van der Waals surface area contributed by atoms with Crippen LogP contribution in [0.1, 0.15) is 11.1 Å². The zero-order valence-electron chi connectivity index (χ0n) is 29.8. The van der Waals surface area contributed by atoms with Crippen molar-refractivity contribution in [2.75, 3.05) is 14.2 Å². The number of pyridine rings is 3. The van der Waals surface area contributed by atoms with Gasteiger partial charge in [-0.15, -0.1) is 26.5 Å². The molecule has 6 aromatic rings. The van der Waals surface area contributed by atoms with Gasteiger partial charge in [-0.1, -0.05) is 12.3 Å². The molecule has 0 aliphatic rings. The minimum atomic E-state index is -0.532. The zero-order valence-corrected chi connectivity index (χ0v) is 30.8. The van der Waals surface area contributed by atoms with Gasteiger partial charge >= 0.3 is 16.5 Å². The molecule has 0 saturated heterocycles. The van der Waals surface area contributed by atoms with Crippen molar-refractivity contribution < 1.29 is 35.8 Å². The van der Waals surface area contributed by atoms with E-state index in [1.807, 2.05) is 0 Å². The van der Waals surface area contributed by atoms with E-state index in [1.165, 1.54) is 36.5 Å². The van der Waals surface area contributed by atoms with Crippen LogP contribution in [0.2, 0.25) is 0 Å². The smallest absolute Gasteiger partial charge is 0.595 e. The molecule has 0 spiro atoms. The molecule has 0 atom stereocenters. The van der Waals surface area contributed by atoms with E-state index in [0.29, 0.717) is 34.0 Å². The minimum Gasteiger partial charge on any atom is -0.595 e. The van der Waals surface area contributed by atoms with Crippen LogP contribution in [0.5, 0.6) is 11.5 Å². The Labute approximate surface area is 334 Å². The van der Waals surface area contributed by atoms with E-state index >= 15 is 0 Å². The summed E-state index contributed by atoms with van der Waals surface area (Å²) in [5.41, 5.74) is 10.3. The first-order chi connectivity index (χ1) is 27.3. The van der Waals surface area contributed by atoms with Crippen molar-refractivity contribution in [3.8, 4) is 11.5 Å². The van der Waals surface area contributed by atoms with Crippen molar-refractivity contribution in [1.82, 2.24) is 15.0 Å². The number of nitro groups is 2. The number of hydrogen-bond acceptors (Lipinski definition) is 13. The van der Waals surface area contributed by atoms with Crippen molar-refractivity contribution in [2.45, 2.75) is 0 Å². The zero-order chi connectivity index (χ0) is 39.5. The van der Waals surface area contributed by atoms with E-state index in [4.69, 9.17) is 9.47 Å². The van der Waals surface area contributed by atoms with Crippen LogP contribution < -0.4 is 9.47 Å². The summed E-state index contributed by atoms with van der Waals surface area (Å²) in [7, 11) is 3.16. The van der Waals surface area contributed by atoms with Gasteiger partial charge in [0.25, 0.3) is 5.69 Å². The molecule has 0 N–H and O–H groups in total. The molecule has 3 aromatic heterocycles. The maximum atomic E-state index is 10.9. The van der Waals surface area contributed by atoms with Gasteiger partial charge in [-0.2, -0.15) is 12.1 Å². The monoisotopic (exact) mass is 808 g/mol. The maximum Gasteiger partial charge on any atom is 3.00 e. The Bertz CT molecular complexity index is 2180. The van der Waals surface area contributed by atoms with Crippen molar-refractivity contribution in [3.63, 3.8) is 0 Å². The molecule has 287 valence electrons. The van der Waals surface area contributed by atoms with Crippen molar-refractivity contribution in [3.05, 3.63) is 182 Å². The van der Waals surface area contributed by atoms with Gasteiger partial charge in [0.2, 0.25) is 0 Å². The van der Waals surface area contributed by atoms with Gasteiger partial charge in [0.15, 0.2) is 17.4 Å². The Morgan fingerprint density at radius 3 is 1.65 bits per heavy atom. The van der Waals surface area contributed by atoms with Crippen LogP contribution in [0.4, 0.5) is 34.3 Å². The average molecular weight is 809 g/mol. The first-order valence-corrected chi connectivity index (χ1v) is 16.1. The van der Waals surface area contributed by atoms with Crippen molar-refractivity contribution >= 4 is 45.9 Å². The molecule has 0 bridgehead atoms. The summed E-state index contributed by atoms with van der Waals surface area (Å²) in [6.07, 6.45) is 7.64. The molecule has 19 nitrogen and oxygen atoms in total. The molecule has 20 heteroatoms. The molecule has 6 rings (SSSR count). The number of methoxy groups -OCH3 is 2. The van der Waals surface area contributed by atoms with Gasteiger partial charge < -0.3 is 30.4 Å². The molecular formula is C37H28N13NiO6. The Morgan fingerprint density at radius 1 is 0.667 bits per heavy atom. The van der Waals surface area contributed by atoms with Crippen LogP contribution in [0.25, 0.3) is 10.9 Å². The van der Waals surface area contributed by atoms with Crippen molar-refractivity contribution in [2.24, 2.45) is 30.7 Å². The summed E-state index contributed by atoms with van der Waals surface area (Å²) >= 11 is 0. The summed E-state index contributed by atoms with van der Waals surface area (Å²) in [6.45, 7) is 0. The molecule has 3 heterocycles. The van der Waals surface area contributed by atoms with Crippen LogP contribution in [0.15, 0.2) is 165 Å². The van der Waals surface area contributed by atoms with Crippen LogP contribution in [0, 0.1) is 26.3 Å². The molecule has 0 fully saturated rings. The van der Waals surface area contributed by atoms with Crippen LogP contribution in [0.3, 0.4) is 0 Å². The van der Waals surface area contributed by atoms with Gasteiger partial charge in [-0.3, -0.25) is 30.2 Å². The van der Waals surface area contributed by atoms with E-state index < -0.39 is 9.85 Å². The Kier molecular flexibility index (Phi) is 16.0. The number of aromatic nitrogens is 3. The quantitative estimate of drug-likeness (QED) is 0.0217. The number of non-ortho nitro benzene ring substituents is 1. The average Bonchev–Trinajstić information content (AvgIpc) is 3.25. The van der Waals surface area contributed by atoms with Crippen LogP contribution in [-0.4, -0.2) is 50.7 Å². The maximum absolute atomic E-state index is 10.9. The van der Waals surface area contributed by atoms with Crippen LogP contribution in [-0.2, 0) is 16.5 Å². The topological polar surface area (TPSA) is 246 Å². The standard InChI is InChI=1S/C19H14N6O3.C18H14N7O3.Ni/c1-28-18-9-7-15(8-10-18)21-23-19(14-4-3-11-20-13-14)24-22-16-5-2-6-17(12-16)25(26)27;1-28-16-6-4-14(5-7-16)21-23-18(13-3-2-9-19-12-13)24-22-17-11-15(25(26)27)8-10-20-17;/h2-4,6-13H,1H3;2-12H,1H3;/q-2;-1;+3/b23-21?,24-19+;23-21?,24-18+;. The van der Waals surface area contributed by atoms with E-state index in [9.17, 15) is 20.2 Å². The molecule has 57 heavy (non-hydrogen) atoms. The Morgan fingerprint density at radius 2 is 1.18 bits per heavy atom. The fourth-order valence-corrected chi connectivity index (χ4v) is 4.16. The second-order valence-corrected chi connectivity index (χ2v) is 10.6. The van der Waals surface area contributed by atoms with Gasteiger partial charge in [-0.05, 0) is 78.6 Å². The third kappa shape index (κ3) is 13.2. The molecule has 3 aromatic carbocycles. The summed E-state index contributed by atoms with van der Waals surface area (Å²) in [4.78, 5) is 32.7. The molecule has 1 radical (unpaired) electrons. The number of nitrogens with zero attached hydrogens (tertiary/aromatic N) is 13. The number of nitro benzene ring substituents is 1. The van der Waals surface area contributed by atoms with Crippen molar-refractivity contribution in [1.29, 1.82) is 0 Å². The van der Waals surface area contributed by atoms with E-state index in [-0.39, 0.29) is 51.0 Å². The van der Waals surface area contributed by atoms with E-state index in [2.05, 4.69) is 62.5 Å². The molecule has 0 aliphatic heterocycles. The summed E-state index contributed by atoms with van der Waals surface area (Å²) in [5.74, 6) is 1.86. The fraction of sp³-hybridized carbons (Fsp3) is 0.0541. The second-order valence-electron chi connectivity index (χ2n) is 10.6. The normalized spacial score (nSPS) is 11.2. The SMILES string of the molecule is COc1ccc(N=N/C(=N/[N-]c2[c-]ccc([N+](=O)[O-])c2)c2cccnc2)cc1.COc1ccc(N=N/C(=N/[N-]c2cc([N+](=O)[O-])ccn2)c2cccnc2)cc1.[Ni+3]. The minimum absolute atomic E-state index is 0. The first-order valence-electron chi connectivity index (χ1n) is 16.1. The number of ether oxygens (including phenoxy) is 2. The third-order valence-electron chi connectivity index (χ3n) is 6.92. The van der Waals surface area contributed by atoms with Gasteiger partial charge in [0.1, 0.15) is 11.5 Å². The predicted octanol–water partition coefficient (Wildman–Crippen LogP) is 9.49. The number of hydrogen-bond donors (Lipinski definition) is 0. The van der Waals surface area contributed by atoms with E-state index in [0.717, 1.165) is 0 Å². The summed E-state index contributed by atoms with van der Waals surface area (Å²) < 4.78 is 10.2. The largest absolute Gasteiger partial charge is 3.00 e. The summed E-state index contributed by atoms with van der Waals surface area (Å²) in [6, 6.07) is 30.2. The third-order valence-corrected chi connectivity index (χ3v) is 6.92. The number of amidine groups is 2. The number of benzene rings is 3. The second kappa shape index (κ2) is 21.7. The molecule has 0 unspecified atom stereocenters. The van der Waals surface area contributed by atoms with Crippen LogP contribution >= 0.6 is 0 Å². The fourth-order valence-electron chi connectivity index (χ4n) is 4.16. The number of rotatable bonds is 12. The Hall–Kier alpha value is -7.86. The molecule has 0 amide bonds. The van der Waals surface area contributed by atoms with E-state index in [1.54, 1.807) is 112 Å². The summed E-state index contributed by atoms with van der Waals surface area (Å²) in [5, 5.41) is 46.4. The van der Waals surface area contributed by atoms with Gasteiger partial charge in [0.05, 0.1) is 30.5 Å². The van der Waals surface area contributed by atoms with Gasteiger partial charge in [0, 0.05) is 53.0 Å². The molecule has 0 aliphatic carbocycles. The molecule has 0 saturated carbocycles. The molecular weight excluding hydrogens is 781 g/mol. The number of azo groups is 2.